The molecule has 0 saturated carbocycles. The Morgan fingerprint density at radius 2 is 1.31 bits per heavy atom. The molecule has 10 heteroatoms. The van der Waals surface area contributed by atoms with Gasteiger partial charge in [-0.25, -0.2) is 0 Å². The molecule has 0 spiro atoms. The molecular weight excluding hydrogens is 190 g/mol. The highest BCUT2D eigenvalue weighted by molar-refractivity contribution is 4.51. The van der Waals surface area contributed by atoms with Gasteiger partial charge in [0.25, 0.3) is 0 Å². The van der Waals surface area contributed by atoms with E-state index in [-0.39, 0.29) is 0 Å². The van der Waals surface area contributed by atoms with E-state index in [1.165, 1.54) is 0 Å². The first-order valence-corrected chi connectivity index (χ1v) is 2.94. The maximum absolute atomic E-state index is 10.1. The highest BCUT2D eigenvalue weighted by atomic mass is 16.7. The maximum Gasteiger partial charge on any atom is 0.702 e. The molecule has 0 aromatic carbocycles. The Morgan fingerprint density at radius 3 is 1.38 bits per heavy atom. The second-order valence-electron chi connectivity index (χ2n) is 2.02. The van der Waals surface area contributed by atoms with E-state index >= 15 is 0 Å². The van der Waals surface area contributed by atoms with Crippen molar-refractivity contribution in [2.45, 2.75) is 12.2 Å². The molecule has 0 aromatic heterocycles. The molecule has 0 amide bonds. The summed E-state index contributed by atoms with van der Waals surface area (Å²) in [6, 6.07) is 0. The lowest BCUT2D eigenvalue weighted by atomic mass is 10.3. The van der Waals surface area contributed by atoms with Crippen molar-refractivity contribution in [1.82, 2.24) is 0 Å². The molecule has 0 fully saturated rings. The molecule has 0 aliphatic carbocycles. The third-order valence-corrected chi connectivity index (χ3v) is 1.32. The summed E-state index contributed by atoms with van der Waals surface area (Å²) in [5, 5.41) is 38.6. The highest BCUT2D eigenvalue weighted by Gasteiger charge is 2.69. The fourth-order valence-electron chi connectivity index (χ4n) is 0.624. The van der Waals surface area contributed by atoms with E-state index in [0.717, 1.165) is 0 Å². The first-order chi connectivity index (χ1) is 5.89. The summed E-state index contributed by atoms with van der Waals surface area (Å²) in [6.07, 6.45) is -1.17. The number of nitrogens with zero attached hydrogens (tertiary/aromatic N) is 3. The molecule has 0 bridgehead atoms. The molecule has 0 radical (unpaired) electrons. The molecule has 0 atom stereocenters. The number of aliphatic hydroxyl groups is 1. The molecule has 0 aromatic rings. The number of rotatable bonds is 5. The molecule has 0 rings (SSSR count). The van der Waals surface area contributed by atoms with Gasteiger partial charge in [-0.2, -0.15) is 0 Å². The summed E-state index contributed by atoms with van der Waals surface area (Å²) in [5.41, 5.74) is 0. The summed E-state index contributed by atoms with van der Waals surface area (Å²) < 4.78 is 0. The van der Waals surface area contributed by atoms with E-state index in [2.05, 4.69) is 0 Å². The topological polar surface area (TPSA) is 150 Å². The second kappa shape index (κ2) is 3.71. The van der Waals surface area contributed by atoms with Crippen LogP contribution in [0.3, 0.4) is 0 Å². The van der Waals surface area contributed by atoms with Crippen molar-refractivity contribution in [3.8, 4) is 0 Å². The van der Waals surface area contributed by atoms with Crippen LogP contribution in [0.5, 0.6) is 0 Å². The molecule has 13 heavy (non-hydrogen) atoms. The number of hydrogen-bond acceptors (Lipinski definition) is 7. The van der Waals surface area contributed by atoms with Crippen molar-refractivity contribution in [3.05, 3.63) is 30.3 Å². The predicted octanol–water partition coefficient (Wildman–Crippen LogP) is -1.15. The van der Waals surface area contributed by atoms with E-state index in [0.29, 0.717) is 0 Å². The number of nitro groups is 3. The van der Waals surface area contributed by atoms with Crippen molar-refractivity contribution >= 4 is 0 Å². The van der Waals surface area contributed by atoms with Gasteiger partial charge in [0.1, 0.15) is 0 Å². The predicted molar refractivity (Wildman–Crippen MR) is 35.4 cm³/mol. The lowest BCUT2D eigenvalue weighted by Crippen LogP contribution is -2.53. The lowest BCUT2D eigenvalue weighted by molar-refractivity contribution is -0.970. The van der Waals surface area contributed by atoms with Crippen LogP contribution in [0, 0.1) is 30.3 Å². The Kier molecular flexibility index (Phi) is 3.18. The maximum atomic E-state index is 10.1. The SMILES string of the molecule is O=[N+]([O-])C(CCO)([N+](=O)[O-])[N+](=O)[O-]. The van der Waals surface area contributed by atoms with Crippen molar-refractivity contribution in [2.24, 2.45) is 0 Å². The Balaban J connectivity index is 5.18. The molecule has 10 nitrogen and oxygen atoms in total. The fraction of sp³-hybridized carbons (Fsp3) is 1.00. The summed E-state index contributed by atoms with van der Waals surface area (Å²) in [4.78, 5) is 25.4. The van der Waals surface area contributed by atoms with Gasteiger partial charge in [-0.15, -0.1) is 0 Å². The highest BCUT2D eigenvalue weighted by Crippen LogP contribution is 2.16. The average Bonchev–Trinajstić information content (AvgIpc) is 1.97. The Hall–Kier alpha value is -1.84. The zero-order chi connectivity index (χ0) is 10.6. The van der Waals surface area contributed by atoms with Gasteiger partial charge in [-0.3, -0.25) is 30.3 Å². The average molecular weight is 195 g/mol. The van der Waals surface area contributed by atoms with Crippen LogP contribution in [0.25, 0.3) is 0 Å². The monoisotopic (exact) mass is 195 g/mol. The Labute approximate surface area is 70.2 Å². The van der Waals surface area contributed by atoms with Crippen LogP contribution in [-0.4, -0.2) is 32.3 Å². The van der Waals surface area contributed by atoms with Gasteiger partial charge in [0.15, 0.2) is 21.2 Å². The second-order valence-corrected chi connectivity index (χ2v) is 2.02. The van der Waals surface area contributed by atoms with Crippen molar-refractivity contribution < 1.29 is 19.9 Å². The largest absolute Gasteiger partial charge is 0.702 e. The van der Waals surface area contributed by atoms with Crippen LogP contribution in [0.1, 0.15) is 6.42 Å². The third-order valence-electron chi connectivity index (χ3n) is 1.32. The van der Waals surface area contributed by atoms with Crippen molar-refractivity contribution in [1.29, 1.82) is 0 Å². The molecule has 74 valence electrons. The number of hydrogen-bond donors (Lipinski definition) is 1. The summed E-state index contributed by atoms with van der Waals surface area (Å²) >= 11 is 0. The summed E-state index contributed by atoms with van der Waals surface area (Å²) in [7, 11) is 0. The van der Waals surface area contributed by atoms with Gasteiger partial charge in [0.2, 0.25) is 0 Å². The quantitative estimate of drug-likeness (QED) is 0.330. The van der Waals surface area contributed by atoms with Gasteiger partial charge in [0.05, 0.1) is 6.61 Å². The van der Waals surface area contributed by atoms with E-state index in [1.54, 1.807) is 0 Å². The zero-order valence-corrected chi connectivity index (χ0v) is 6.15. The van der Waals surface area contributed by atoms with E-state index in [4.69, 9.17) is 5.11 Å². The van der Waals surface area contributed by atoms with Gasteiger partial charge in [-0.1, -0.05) is 0 Å². The standard InChI is InChI=1S/C3H5N3O7/c7-2-1-3(4(8)9,5(10)11)6(12)13/h7H,1-2H2. The lowest BCUT2D eigenvalue weighted by Gasteiger charge is -2.06. The van der Waals surface area contributed by atoms with Crippen molar-refractivity contribution in [3.63, 3.8) is 0 Å². The molecule has 1 N–H and O–H groups in total. The van der Waals surface area contributed by atoms with Gasteiger partial charge in [0, 0.05) is 0 Å². The van der Waals surface area contributed by atoms with Gasteiger partial charge < -0.3 is 5.11 Å². The van der Waals surface area contributed by atoms with E-state index in [9.17, 15) is 30.3 Å². The molecule has 0 heterocycles. The molecule has 0 unspecified atom stereocenters. The zero-order valence-electron chi connectivity index (χ0n) is 6.15. The minimum Gasteiger partial charge on any atom is -0.395 e. The molecule has 0 aliphatic rings. The van der Waals surface area contributed by atoms with Crippen LogP contribution < -0.4 is 0 Å². The fourth-order valence-corrected chi connectivity index (χ4v) is 0.624. The van der Waals surface area contributed by atoms with Crippen LogP contribution >= 0.6 is 0 Å². The van der Waals surface area contributed by atoms with Crippen LogP contribution in [0.2, 0.25) is 0 Å². The van der Waals surface area contributed by atoms with Crippen LogP contribution in [0.4, 0.5) is 0 Å². The first-order valence-electron chi connectivity index (χ1n) is 2.94. The molecular formula is C3H5N3O7. The number of aliphatic hydroxyl groups excluding tert-OH is 1. The van der Waals surface area contributed by atoms with Gasteiger partial charge >= 0.3 is 5.79 Å². The Bertz CT molecular complexity index is 213. The minimum atomic E-state index is -3.53. The van der Waals surface area contributed by atoms with Crippen LogP contribution in [0.15, 0.2) is 0 Å². The molecule has 0 saturated heterocycles. The van der Waals surface area contributed by atoms with Crippen molar-refractivity contribution in [2.75, 3.05) is 6.61 Å². The Morgan fingerprint density at radius 1 is 1.00 bits per heavy atom. The first kappa shape index (κ1) is 11.2. The molecule has 0 aliphatic heterocycles. The van der Waals surface area contributed by atoms with E-state index in [1.807, 2.05) is 0 Å². The van der Waals surface area contributed by atoms with Gasteiger partial charge in [-0.05, 0) is 0 Å². The normalized spacial score (nSPS) is 10.8. The van der Waals surface area contributed by atoms with Crippen LogP contribution in [-0.2, 0) is 0 Å². The summed E-state index contributed by atoms with van der Waals surface area (Å²) in [6.45, 7) is -1.01. The smallest absolute Gasteiger partial charge is 0.395 e. The van der Waals surface area contributed by atoms with E-state index < -0.39 is 33.6 Å². The summed E-state index contributed by atoms with van der Waals surface area (Å²) in [5.74, 6) is -3.53. The third kappa shape index (κ3) is 1.66. The minimum absolute atomic E-state index is 1.01.